The molecule has 2 aromatic heterocycles. The fourth-order valence-corrected chi connectivity index (χ4v) is 1.31. The van der Waals surface area contributed by atoms with Crippen molar-refractivity contribution in [3.63, 3.8) is 0 Å². The van der Waals surface area contributed by atoms with Crippen molar-refractivity contribution in [3.05, 3.63) is 46.8 Å². The molecule has 0 saturated carbocycles. The van der Waals surface area contributed by atoms with E-state index in [1.54, 1.807) is 17.1 Å². The van der Waals surface area contributed by atoms with Crippen molar-refractivity contribution < 1.29 is 14.3 Å². The molecule has 0 aliphatic rings. The predicted octanol–water partition coefficient (Wildman–Crippen LogP) is 0.408. The van der Waals surface area contributed by atoms with E-state index in [1.165, 1.54) is 12.3 Å². The van der Waals surface area contributed by atoms with Crippen LogP contribution < -0.4 is 10.2 Å². The predicted molar refractivity (Wildman–Crippen MR) is 58.6 cm³/mol. The number of aliphatic hydroxyl groups excluding tert-OH is 1. The van der Waals surface area contributed by atoms with Crippen LogP contribution in [0.2, 0.25) is 0 Å². The zero-order valence-electron chi connectivity index (χ0n) is 9.07. The molecule has 0 unspecified atom stereocenters. The summed E-state index contributed by atoms with van der Waals surface area (Å²) in [6, 6.07) is 3.02. The molecular weight excluding hydrogens is 224 g/mol. The van der Waals surface area contributed by atoms with E-state index < -0.39 is 0 Å². The van der Waals surface area contributed by atoms with E-state index in [-0.39, 0.29) is 23.5 Å². The summed E-state index contributed by atoms with van der Waals surface area (Å²) in [5.41, 5.74) is -0.305. The van der Waals surface area contributed by atoms with Gasteiger partial charge >= 0.3 is 0 Å². The van der Waals surface area contributed by atoms with Crippen LogP contribution in [-0.4, -0.2) is 21.5 Å². The Morgan fingerprint density at radius 2 is 2.41 bits per heavy atom. The van der Waals surface area contributed by atoms with Crippen molar-refractivity contribution >= 4 is 0 Å². The van der Waals surface area contributed by atoms with Crippen molar-refractivity contribution in [1.29, 1.82) is 0 Å². The van der Waals surface area contributed by atoms with E-state index >= 15 is 0 Å². The maximum atomic E-state index is 11.5. The molecule has 6 nitrogen and oxygen atoms in total. The average molecular weight is 236 g/mol. The van der Waals surface area contributed by atoms with Crippen LogP contribution in [-0.2, 0) is 13.2 Å². The molecule has 0 radical (unpaired) electrons. The maximum absolute atomic E-state index is 11.5. The molecule has 90 valence electrons. The summed E-state index contributed by atoms with van der Waals surface area (Å²) in [5.74, 6) is 0.351. The molecule has 2 aromatic rings. The van der Waals surface area contributed by atoms with Gasteiger partial charge in [0.15, 0.2) is 0 Å². The summed E-state index contributed by atoms with van der Waals surface area (Å²) in [6.07, 6.45) is 4.68. The highest BCUT2D eigenvalue weighted by atomic mass is 16.5. The summed E-state index contributed by atoms with van der Waals surface area (Å²) in [6.45, 7) is 0.571. The Morgan fingerprint density at radius 3 is 3.06 bits per heavy atom. The summed E-state index contributed by atoms with van der Waals surface area (Å²) in [7, 11) is 0. The van der Waals surface area contributed by atoms with Crippen molar-refractivity contribution in [2.24, 2.45) is 0 Å². The van der Waals surface area contributed by atoms with Crippen molar-refractivity contribution in [2.45, 2.75) is 13.2 Å². The smallest absolute Gasteiger partial charge is 0.227 e. The number of ether oxygens (including phenoxy) is 1. The fraction of sp³-hybridized carbons (Fsp3) is 0.273. The average Bonchev–Trinajstić information content (AvgIpc) is 2.84. The molecule has 0 fully saturated rings. The number of hydrogen-bond acceptors (Lipinski definition) is 5. The number of rotatable bonds is 5. The highest BCUT2D eigenvalue weighted by Gasteiger charge is 2.03. The first kappa shape index (κ1) is 11.4. The first-order valence-electron chi connectivity index (χ1n) is 5.12. The van der Waals surface area contributed by atoms with Crippen LogP contribution in [0.4, 0.5) is 0 Å². The van der Waals surface area contributed by atoms with Gasteiger partial charge < -0.3 is 14.3 Å². The number of aromatic nitrogens is 2. The topological polar surface area (TPSA) is 77.5 Å². The first-order valence-corrected chi connectivity index (χ1v) is 5.12. The Kier molecular flexibility index (Phi) is 3.56. The third-order valence-corrected chi connectivity index (χ3v) is 2.15. The van der Waals surface area contributed by atoms with E-state index in [4.69, 9.17) is 14.3 Å². The maximum Gasteiger partial charge on any atom is 0.227 e. The van der Waals surface area contributed by atoms with Crippen LogP contribution in [0.3, 0.4) is 0 Å². The molecule has 0 aliphatic carbocycles. The van der Waals surface area contributed by atoms with E-state index in [1.807, 2.05) is 6.07 Å². The van der Waals surface area contributed by atoms with Gasteiger partial charge in [-0.3, -0.25) is 9.48 Å². The Hall–Kier alpha value is -2.08. The quantitative estimate of drug-likeness (QED) is 0.813. The van der Waals surface area contributed by atoms with Crippen LogP contribution in [0, 0.1) is 0 Å². The minimum Gasteiger partial charge on any atom is -0.485 e. The summed E-state index contributed by atoms with van der Waals surface area (Å²) < 4.78 is 11.9. The van der Waals surface area contributed by atoms with E-state index in [0.717, 1.165) is 0 Å². The highest BCUT2D eigenvalue weighted by molar-refractivity contribution is 5.17. The number of aliphatic hydroxyl groups is 1. The SMILES string of the molecule is O=c1cc(CO)occ1OCCn1cccn1. The van der Waals surface area contributed by atoms with Crippen molar-refractivity contribution in [3.8, 4) is 5.75 Å². The van der Waals surface area contributed by atoms with Gasteiger partial charge in [-0.2, -0.15) is 5.10 Å². The Balaban J connectivity index is 1.93. The molecule has 17 heavy (non-hydrogen) atoms. The molecule has 0 aromatic carbocycles. The standard InChI is InChI=1S/C11H12N2O4/c14-7-9-6-10(15)11(8-17-9)16-5-4-13-3-1-2-12-13/h1-3,6,8,14H,4-5,7H2. The van der Waals surface area contributed by atoms with Crippen LogP contribution in [0.25, 0.3) is 0 Å². The van der Waals surface area contributed by atoms with Gasteiger partial charge in [0.1, 0.15) is 25.2 Å². The zero-order valence-corrected chi connectivity index (χ0v) is 9.07. The normalized spacial score (nSPS) is 10.4. The third-order valence-electron chi connectivity index (χ3n) is 2.15. The molecule has 0 amide bonds. The molecule has 0 saturated heterocycles. The number of nitrogens with zero attached hydrogens (tertiary/aromatic N) is 2. The van der Waals surface area contributed by atoms with Gasteiger partial charge in [0.25, 0.3) is 0 Å². The van der Waals surface area contributed by atoms with Gasteiger partial charge in [0.2, 0.25) is 11.2 Å². The molecule has 0 bridgehead atoms. The van der Waals surface area contributed by atoms with Gasteiger partial charge in [-0.05, 0) is 6.07 Å². The van der Waals surface area contributed by atoms with Crippen LogP contribution in [0.15, 0.2) is 40.0 Å². The zero-order chi connectivity index (χ0) is 12.1. The van der Waals surface area contributed by atoms with E-state index in [0.29, 0.717) is 13.2 Å². The van der Waals surface area contributed by atoms with Crippen LogP contribution in [0.5, 0.6) is 5.75 Å². The van der Waals surface area contributed by atoms with Gasteiger partial charge in [0.05, 0.1) is 6.54 Å². The molecule has 2 rings (SSSR count). The lowest BCUT2D eigenvalue weighted by Crippen LogP contribution is -2.13. The minimum atomic E-state index is -0.305. The van der Waals surface area contributed by atoms with Crippen molar-refractivity contribution in [1.82, 2.24) is 9.78 Å². The minimum absolute atomic E-state index is 0.134. The number of hydrogen-bond donors (Lipinski definition) is 1. The highest BCUT2D eigenvalue weighted by Crippen LogP contribution is 2.05. The molecule has 0 aliphatic heterocycles. The third kappa shape index (κ3) is 2.94. The molecule has 6 heteroatoms. The lowest BCUT2D eigenvalue weighted by molar-refractivity contribution is 0.235. The molecule has 0 spiro atoms. The van der Waals surface area contributed by atoms with Gasteiger partial charge in [-0.15, -0.1) is 0 Å². The molecule has 1 N–H and O–H groups in total. The second-order valence-corrected chi connectivity index (χ2v) is 3.35. The van der Waals surface area contributed by atoms with Gasteiger partial charge in [-0.25, -0.2) is 0 Å². The van der Waals surface area contributed by atoms with Crippen LogP contribution in [0.1, 0.15) is 5.76 Å². The molecule has 2 heterocycles. The summed E-state index contributed by atoms with van der Waals surface area (Å²) in [4.78, 5) is 11.5. The monoisotopic (exact) mass is 236 g/mol. The summed E-state index contributed by atoms with van der Waals surface area (Å²) in [5, 5.41) is 12.8. The Morgan fingerprint density at radius 1 is 1.53 bits per heavy atom. The van der Waals surface area contributed by atoms with E-state index in [9.17, 15) is 4.79 Å². The van der Waals surface area contributed by atoms with Crippen LogP contribution >= 0.6 is 0 Å². The Bertz CT molecular complexity index is 519. The van der Waals surface area contributed by atoms with Gasteiger partial charge in [-0.1, -0.05) is 0 Å². The van der Waals surface area contributed by atoms with Crippen molar-refractivity contribution in [2.75, 3.05) is 6.61 Å². The first-order chi connectivity index (χ1) is 8.29. The molecular formula is C11H12N2O4. The molecule has 0 atom stereocenters. The lowest BCUT2D eigenvalue weighted by Gasteiger charge is -2.05. The second kappa shape index (κ2) is 5.31. The lowest BCUT2D eigenvalue weighted by atomic mass is 10.4. The van der Waals surface area contributed by atoms with Gasteiger partial charge in [0, 0.05) is 18.5 Å². The summed E-state index contributed by atoms with van der Waals surface area (Å²) >= 11 is 0. The fourth-order valence-electron chi connectivity index (χ4n) is 1.31. The van der Waals surface area contributed by atoms with E-state index in [2.05, 4.69) is 5.10 Å². The Labute approximate surface area is 97.1 Å². The second-order valence-electron chi connectivity index (χ2n) is 3.35. The largest absolute Gasteiger partial charge is 0.485 e.